The molecule has 0 rings (SSSR count). The molecule has 18 heteroatoms. The topological polar surface area (TPSA) is 231 Å². The Hall–Kier alpha value is -5.09. The van der Waals surface area contributed by atoms with Gasteiger partial charge in [0.1, 0.15) is 25.4 Å². The molecule has 0 fully saturated rings. The van der Waals surface area contributed by atoms with Gasteiger partial charge < -0.3 is 34.2 Å². The number of carbonyl (C=O) groups excluding carboxylic acids is 3. The monoisotopic (exact) mass is 1510 g/mol. The van der Waals surface area contributed by atoms with Gasteiger partial charge >= 0.3 is 33.6 Å². The molecule has 0 aliphatic heterocycles. The number of phosphoric acid groups is 2. The zero-order valence-corrected chi connectivity index (χ0v) is 67.1. The summed E-state index contributed by atoms with van der Waals surface area (Å²) in [6.45, 7) is 2.34. The van der Waals surface area contributed by atoms with Crippen LogP contribution in [0.1, 0.15) is 303 Å². The van der Waals surface area contributed by atoms with Gasteiger partial charge in [0.2, 0.25) is 0 Å². The van der Waals surface area contributed by atoms with Crippen molar-refractivity contribution in [2.24, 2.45) is 0 Å². The van der Waals surface area contributed by atoms with Crippen LogP contribution in [0.5, 0.6) is 0 Å². The molecular formula is C87H144O16P2. The summed E-state index contributed by atoms with van der Waals surface area (Å²) in [6.07, 6.45) is 99.8. The summed E-state index contributed by atoms with van der Waals surface area (Å²) in [7, 11) is -9.81. The van der Waals surface area contributed by atoms with Crippen LogP contribution in [0, 0.1) is 0 Å². The summed E-state index contributed by atoms with van der Waals surface area (Å²) in [5, 5.41) is 20.6. The molecular weight excluding hydrogens is 1360 g/mol. The van der Waals surface area contributed by atoms with Crippen molar-refractivity contribution in [3.8, 4) is 0 Å². The third-order valence-corrected chi connectivity index (χ3v) is 18.3. The number of aliphatic hydroxyl groups is 2. The predicted molar refractivity (Wildman–Crippen MR) is 435 cm³/mol. The van der Waals surface area contributed by atoms with Gasteiger partial charge in [0, 0.05) is 19.3 Å². The van der Waals surface area contributed by atoms with E-state index in [4.69, 9.17) is 32.3 Å². The van der Waals surface area contributed by atoms with Crippen molar-refractivity contribution in [3.05, 3.63) is 170 Å². The second kappa shape index (κ2) is 78.5. The number of unbranched alkanes of at least 4 members (excludes halogenated alkanes) is 24. The van der Waals surface area contributed by atoms with Crippen LogP contribution >= 0.6 is 15.6 Å². The Kier molecular flexibility index (Phi) is 74.7. The fraction of sp³-hybridized carbons (Fsp3) is 0.644. The summed E-state index contributed by atoms with van der Waals surface area (Å²) >= 11 is 0. The molecule has 0 aliphatic rings. The van der Waals surface area contributed by atoms with E-state index in [2.05, 4.69) is 191 Å². The fourth-order valence-electron chi connectivity index (χ4n) is 10.3. The second-order valence-corrected chi connectivity index (χ2v) is 29.4. The first kappa shape index (κ1) is 99.9. The van der Waals surface area contributed by atoms with E-state index in [0.717, 1.165) is 193 Å². The number of aliphatic hydroxyl groups excluding tert-OH is 2. The Labute approximate surface area is 637 Å². The first-order chi connectivity index (χ1) is 51.2. The minimum absolute atomic E-state index is 0.0797. The van der Waals surface area contributed by atoms with Crippen molar-refractivity contribution in [2.45, 2.75) is 322 Å². The number of hydrogen-bond acceptors (Lipinski definition) is 14. The minimum Gasteiger partial charge on any atom is -0.463 e. The molecule has 0 saturated heterocycles. The lowest BCUT2D eigenvalue weighted by Gasteiger charge is -2.21. The molecule has 5 unspecified atom stereocenters. The van der Waals surface area contributed by atoms with E-state index in [1.165, 1.54) is 51.4 Å². The minimum atomic E-state index is -4.94. The van der Waals surface area contributed by atoms with Crippen LogP contribution in [0.25, 0.3) is 0 Å². The van der Waals surface area contributed by atoms with Gasteiger partial charge in [-0.1, -0.05) is 306 Å². The molecule has 0 bridgehead atoms. The molecule has 0 aromatic carbocycles. The number of phosphoric ester groups is 2. The third kappa shape index (κ3) is 79.8. The molecule has 0 aromatic rings. The molecule has 16 nitrogen and oxygen atoms in total. The van der Waals surface area contributed by atoms with Crippen molar-refractivity contribution >= 4 is 33.6 Å². The van der Waals surface area contributed by atoms with E-state index >= 15 is 0 Å². The molecule has 0 saturated carbocycles. The second-order valence-electron chi connectivity index (χ2n) is 26.5. The van der Waals surface area contributed by atoms with Crippen LogP contribution in [0.4, 0.5) is 0 Å². The zero-order valence-electron chi connectivity index (χ0n) is 65.3. The van der Waals surface area contributed by atoms with Crippen molar-refractivity contribution < 1.29 is 75.8 Å². The highest BCUT2D eigenvalue weighted by Crippen LogP contribution is 2.45. The maximum absolute atomic E-state index is 12.9. The third-order valence-electron chi connectivity index (χ3n) is 16.4. The van der Waals surface area contributed by atoms with Crippen LogP contribution in [0.15, 0.2) is 170 Å². The van der Waals surface area contributed by atoms with Gasteiger partial charge in [0.25, 0.3) is 0 Å². The van der Waals surface area contributed by atoms with Crippen LogP contribution in [0.3, 0.4) is 0 Å². The van der Waals surface area contributed by atoms with Gasteiger partial charge in [-0.2, -0.15) is 0 Å². The maximum atomic E-state index is 12.9. The molecule has 0 amide bonds. The maximum Gasteiger partial charge on any atom is 0.472 e. The fourth-order valence-corrected chi connectivity index (χ4v) is 11.9. The molecule has 598 valence electrons. The highest BCUT2D eigenvalue weighted by atomic mass is 31.2. The summed E-state index contributed by atoms with van der Waals surface area (Å²) in [6, 6.07) is 0. The summed E-state index contributed by atoms with van der Waals surface area (Å²) in [5.41, 5.74) is 0. The van der Waals surface area contributed by atoms with Crippen LogP contribution < -0.4 is 0 Å². The molecule has 0 radical (unpaired) electrons. The van der Waals surface area contributed by atoms with Gasteiger partial charge in [0.05, 0.1) is 26.4 Å². The number of allylic oxidation sites excluding steroid dienone is 28. The first-order valence-corrected chi connectivity index (χ1v) is 43.4. The average Bonchev–Trinajstić information content (AvgIpc) is 0.913. The Morgan fingerprint density at radius 2 is 0.505 bits per heavy atom. The Balaban J connectivity index is 4.51. The van der Waals surface area contributed by atoms with E-state index in [1.807, 2.05) is 0 Å². The van der Waals surface area contributed by atoms with Gasteiger partial charge in [-0.15, -0.1) is 0 Å². The largest absolute Gasteiger partial charge is 0.472 e. The number of rotatable bonds is 75. The summed E-state index contributed by atoms with van der Waals surface area (Å²) < 4.78 is 61.1. The van der Waals surface area contributed by atoms with E-state index in [0.29, 0.717) is 19.3 Å². The predicted octanol–water partition coefficient (Wildman–Crippen LogP) is 24.0. The zero-order chi connectivity index (χ0) is 76.6. The smallest absolute Gasteiger partial charge is 0.463 e. The van der Waals surface area contributed by atoms with Crippen molar-refractivity contribution in [3.63, 3.8) is 0 Å². The Morgan fingerprint density at radius 3 is 0.800 bits per heavy atom. The normalized spacial score (nSPS) is 14.8. The van der Waals surface area contributed by atoms with E-state index in [-0.39, 0.29) is 19.3 Å². The lowest BCUT2D eigenvalue weighted by Crippen LogP contribution is -2.30. The van der Waals surface area contributed by atoms with Crippen LogP contribution in [-0.4, -0.2) is 95.9 Å². The van der Waals surface area contributed by atoms with Gasteiger partial charge in [0.15, 0.2) is 6.10 Å². The number of esters is 3. The van der Waals surface area contributed by atoms with E-state index < -0.39 is 91.5 Å². The van der Waals surface area contributed by atoms with Crippen molar-refractivity contribution in [1.29, 1.82) is 0 Å². The van der Waals surface area contributed by atoms with Crippen molar-refractivity contribution in [1.82, 2.24) is 0 Å². The number of carbonyl (C=O) groups is 3. The van der Waals surface area contributed by atoms with E-state index in [1.54, 1.807) is 0 Å². The quantitative estimate of drug-likeness (QED) is 0.0146. The Morgan fingerprint density at radius 1 is 0.276 bits per heavy atom. The number of hydrogen-bond donors (Lipinski definition) is 4. The van der Waals surface area contributed by atoms with Crippen molar-refractivity contribution in [2.75, 3.05) is 39.6 Å². The average molecular weight is 1510 g/mol. The molecule has 0 aromatic heterocycles. The molecule has 0 heterocycles. The first-order valence-electron chi connectivity index (χ1n) is 40.4. The van der Waals surface area contributed by atoms with Gasteiger partial charge in [-0.25, -0.2) is 9.13 Å². The highest BCUT2D eigenvalue weighted by molar-refractivity contribution is 7.47. The summed E-state index contributed by atoms with van der Waals surface area (Å²) in [5.74, 6) is -1.62. The van der Waals surface area contributed by atoms with Crippen LogP contribution in [-0.2, 0) is 55.8 Å². The molecule has 4 N–H and O–H groups in total. The highest BCUT2D eigenvalue weighted by Gasteiger charge is 2.29. The van der Waals surface area contributed by atoms with E-state index in [9.17, 15) is 43.5 Å². The standard InChI is InChI=1S/C87H144O16P2/c1-4-7-10-13-16-19-22-25-27-29-31-33-35-37-38-39-40-41-42-44-46-47-49-51-53-56-58-61-64-67-70-73-85(90)97-76-82(88)77-99-104(93,94)100-78-83(89)79-101-105(95,96)102-81-84(103-87(92)75-72-69-66-63-60-55-24-21-18-15-12-9-6-3)80-98-86(91)74-71-68-65-62-59-57-54-52-50-48-45-43-36-34-32-30-28-26-23-20-17-14-11-8-5-2/h7-8,10-12,15-17,19-21,24-28,31-34,37-38,40-41,43,45,50,52,82-84,88-89H,4-6,9,13-14,18,22-23,29-30,35-36,39,42,44,46-49,51,53-81H2,1-3H3,(H,93,94)(H,95,96)/b10-7-,11-8-,15-12-,19-16-,20-17-,24-21-,27-25-,28-26-,33-31-,34-32-,38-37-,41-40-,45-43-,52-50-. The Bertz CT molecular complexity index is 2590. The molecule has 105 heavy (non-hydrogen) atoms. The summed E-state index contributed by atoms with van der Waals surface area (Å²) in [4.78, 5) is 58.6. The molecule has 0 aliphatic carbocycles. The molecule has 5 atom stereocenters. The SMILES string of the molecule is CC/C=C\C/C=C\C/C=C\C/C=C\C/C=C\C/C=C\CCCCCCCCCCCCCCC(=O)OCC(O)COP(=O)(O)OCC(O)COP(=O)(O)OCC(COC(=O)CCCCCCCC/C=C\C/C=C\C/C=C\C/C=C\C/C=C\C/C=C\CC)OC(=O)CCCCCCC/C=C\C/C=C\CCC. The molecule has 0 spiro atoms. The lowest BCUT2D eigenvalue weighted by atomic mass is 10.0. The van der Waals surface area contributed by atoms with Gasteiger partial charge in [-0.05, 0) is 148 Å². The lowest BCUT2D eigenvalue weighted by molar-refractivity contribution is -0.161. The number of ether oxygens (including phenoxy) is 3. The van der Waals surface area contributed by atoms with Gasteiger partial charge in [-0.3, -0.25) is 32.5 Å². The van der Waals surface area contributed by atoms with Crippen LogP contribution in [0.2, 0.25) is 0 Å².